The number of ether oxygens (including phenoxy) is 1. The molecule has 0 atom stereocenters. The van der Waals surface area contributed by atoms with Gasteiger partial charge in [0, 0.05) is 5.69 Å². The largest absolute Gasteiger partial charge is 0.420 e. The van der Waals surface area contributed by atoms with Crippen molar-refractivity contribution in [3.63, 3.8) is 0 Å². The Morgan fingerprint density at radius 1 is 0.952 bits per heavy atom. The van der Waals surface area contributed by atoms with E-state index in [1.165, 1.54) is 18.2 Å². The second kappa shape index (κ2) is 5.25. The van der Waals surface area contributed by atoms with Crippen LogP contribution in [0.2, 0.25) is 0 Å². The lowest BCUT2D eigenvalue weighted by Gasteiger charge is -2.09. The van der Waals surface area contributed by atoms with Crippen LogP contribution in [0.25, 0.3) is 10.8 Å². The molecule has 0 radical (unpaired) electrons. The lowest BCUT2D eigenvalue weighted by molar-refractivity contribution is 0.0729. The monoisotopic (exact) mass is 281 g/mol. The molecule has 104 valence electrons. The highest BCUT2D eigenvalue weighted by atomic mass is 19.1. The first-order valence-corrected chi connectivity index (χ1v) is 6.40. The molecule has 2 N–H and O–H groups in total. The molecule has 3 rings (SSSR count). The number of nitrogens with two attached hydrogens (primary N) is 1. The van der Waals surface area contributed by atoms with Crippen LogP contribution in [-0.2, 0) is 0 Å². The number of anilines is 1. The van der Waals surface area contributed by atoms with Crippen LogP contribution in [0.5, 0.6) is 5.75 Å². The molecule has 0 bridgehead atoms. The third-order valence-electron chi connectivity index (χ3n) is 3.18. The second-order valence-electron chi connectivity index (χ2n) is 4.61. The molecule has 3 aromatic rings. The molecule has 0 amide bonds. The van der Waals surface area contributed by atoms with Crippen molar-refractivity contribution in [2.45, 2.75) is 0 Å². The summed E-state index contributed by atoms with van der Waals surface area (Å²) < 4.78 is 18.6. The van der Waals surface area contributed by atoms with Crippen molar-refractivity contribution in [2.24, 2.45) is 0 Å². The smallest absolute Gasteiger partial charge is 0.345 e. The molecule has 0 spiro atoms. The molecule has 3 nitrogen and oxygen atoms in total. The summed E-state index contributed by atoms with van der Waals surface area (Å²) in [6.07, 6.45) is 0. The molecule has 0 fully saturated rings. The van der Waals surface area contributed by atoms with E-state index in [0.717, 1.165) is 10.8 Å². The van der Waals surface area contributed by atoms with E-state index in [9.17, 15) is 9.18 Å². The van der Waals surface area contributed by atoms with Crippen molar-refractivity contribution in [1.29, 1.82) is 0 Å². The number of carbonyl (C=O) groups excluding carboxylic acids is 1. The van der Waals surface area contributed by atoms with Crippen LogP contribution in [0.3, 0.4) is 0 Å². The van der Waals surface area contributed by atoms with Gasteiger partial charge in [0.15, 0.2) is 11.6 Å². The van der Waals surface area contributed by atoms with Crippen molar-refractivity contribution in [1.82, 2.24) is 0 Å². The third kappa shape index (κ3) is 2.56. The van der Waals surface area contributed by atoms with Gasteiger partial charge in [0.25, 0.3) is 0 Å². The number of hydrogen-bond donors (Lipinski definition) is 1. The predicted octanol–water partition coefficient (Wildman–Crippen LogP) is 3.78. The third-order valence-corrected chi connectivity index (χ3v) is 3.18. The molecule has 3 aromatic carbocycles. The molecule has 0 heterocycles. The second-order valence-corrected chi connectivity index (χ2v) is 4.61. The number of para-hydroxylation sites is 1. The van der Waals surface area contributed by atoms with Gasteiger partial charge in [-0.3, -0.25) is 0 Å². The summed E-state index contributed by atoms with van der Waals surface area (Å²) in [5.74, 6) is -1.39. The number of esters is 1. The maximum atomic E-state index is 13.5. The quantitative estimate of drug-likeness (QED) is 0.442. The van der Waals surface area contributed by atoms with E-state index < -0.39 is 11.8 Å². The predicted molar refractivity (Wildman–Crippen MR) is 79.7 cm³/mol. The molecule has 0 unspecified atom stereocenters. The molecule has 0 saturated carbocycles. The maximum absolute atomic E-state index is 13.5. The van der Waals surface area contributed by atoms with Gasteiger partial charge in [0.1, 0.15) is 0 Å². The van der Waals surface area contributed by atoms with Gasteiger partial charge in [0.05, 0.1) is 5.56 Å². The first-order valence-electron chi connectivity index (χ1n) is 6.40. The summed E-state index contributed by atoms with van der Waals surface area (Å²) in [4.78, 5) is 12.2. The Kier molecular flexibility index (Phi) is 3.28. The summed E-state index contributed by atoms with van der Waals surface area (Å²) in [6, 6.07) is 16.6. The highest BCUT2D eigenvalue weighted by Gasteiger charge is 2.15. The van der Waals surface area contributed by atoms with E-state index in [2.05, 4.69) is 0 Å². The van der Waals surface area contributed by atoms with Crippen molar-refractivity contribution in [3.05, 3.63) is 72.0 Å². The normalized spacial score (nSPS) is 10.5. The van der Waals surface area contributed by atoms with Gasteiger partial charge < -0.3 is 10.5 Å². The molecule has 0 aliphatic rings. The van der Waals surface area contributed by atoms with Crippen LogP contribution in [0.4, 0.5) is 10.1 Å². The summed E-state index contributed by atoms with van der Waals surface area (Å²) in [7, 11) is 0. The van der Waals surface area contributed by atoms with E-state index in [1.54, 1.807) is 18.2 Å². The number of nitrogen functional groups attached to an aromatic ring is 1. The Morgan fingerprint density at radius 2 is 1.57 bits per heavy atom. The Labute approximate surface area is 120 Å². The fourth-order valence-electron chi connectivity index (χ4n) is 2.12. The van der Waals surface area contributed by atoms with Crippen molar-refractivity contribution in [3.8, 4) is 5.75 Å². The van der Waals surface area contributed by atoms with Gasteiger partial charge in [-0.2, -0.15) is 0 Å². The number of fused-ring (bicyclic) bond motifs is 1. The average Bonchev–Trinajstić information content (AvgIpc) is 2.49. The van der Waals surface area contributed by atoms with Crippen LogP contribution in [0.15, 0.2) is 60.7 Å². The molecule has 4 heteroatoms. The first kappa shape index (κ1) is 13.1. The Morgan fingerprint density at radius 3 is 2.29 bits per heavy atom. The van der Waals surface area contributed by atoms with Crippen molar-refractivity contribution < 1.29 is 13.9 Å². The van der Waals surface area contributed by atoms with E-state index in [1.807, 2.05) is 24.3 Å². The van der Waals surface area contributed by atoms with Gasteiger partial charge in [-0.05, 0) is 35.0 Å². The van der Waals surface area contributed by atoms with Gasteiger partial charge in [-0.1, -0.05) is 36.4 Å². The van der Waals surface area contributed by atoms with Crippen LogP contribution in [0.1, 0.15) is 10.4 Å². The van der Waals surface area contributed by atoms with Crippen molar-refractivity contribution >= 4 is 22.4 Å². The molecular weight excluding hydrogens is 269 g/mol. The zero-order chi connectivity index (χ0) is 14.8. The van der Waals surface area contributed by atoms with Gasteiger partial charge in [-0.15, -0.1) is 0 Å². The maximum Gasteiger partial charge on any atom is 0.345 e. The molecule has 0 aromatic heterocycles. The summed E-state index contributed by atoms with van der Waals surface area (Å²) in [5.41, 5.74) is 6.41. The van der Waals surface area contributed by atoms with Crippen LogP contribution >= 0.6 is 0 Å². The van der Waals surface area contributed by atoms with E-state index in [4.69, 9.17) is 10.5 Å². The van der Waals surface area contributed by atoms with Crippen LogP contribution in [0, 0.1) is 5.82 Å². The number of hydrogen-bond acceptors (Lipinski definition) is 3. The molecule has 0 saturated heterocycles. The minimum Gasteiger partial charge on any atom is -0.420 e. The minimum absolute atomic E-state index is 0.116. The SMILES string of the molecule is Nc1cc2ccccc2cc1C(=O)Oc1ccccc1F. The first-order chi connectivity index (χ1) is 10.1. The molecule has 0 aliphatic carbocycles. The lowest BCUT2D eigenvalue weighted by Crippen LogP contribution is -2.12. The zero-order valence-corrected chi connectivity index (χ0v) is 11.0. The number of halogens is 1. The fraction of sp³-hybridized carbons (Fsp3) is 0. The summed E-state index contributed by atoms with van der Waals surface area (Å²) in [6.45, 7) is 0. The summed E-state index contributed by atoms with van der Waals surface area (Å²) >= 11 is 0. The van der Waals surface area contributed by atoms with E-state index >= 15 is 0 Å². The summed E-state index contributed by atoms with van der Waals surface area (Å²) in [5, 5.41) is 1.80. The van der Waals surface area contributed by atoms with Gasteiger partial charge >= 0.3 is 5.97 Å². The molecule has 21 heavy (non-hydrogen) atoms. The highest BCUT2D eigenvalue weighted by molar-refractivity contribution is 6.02. The molecule has 0 aliphatic heterocycles. The Bertz CT molecular complexity index is 830. The lowest BCUT2D eigenvalue weighted by atomic mass is 10.1. The standard InChI is InChI=1S/C17H12FNO2/c18-14-7-3-4-8-16(14)21-17(20)13-9-11-5-1-2-6-12(11)10-15(13)19/h1-10H,19H2. The van der Waals surface area contributed by atoms with Gasteiger partial charge in [-0.25, -0.2) is 9.18 Å². The Hall–Kier alpha value is -2.88. The molecular formula is C17H12FNO2. The highest BCUT2D eigenvalue weighted by Crippen LogP contribution is 2.24. The minimum atomic E-state index is -0.677. The number of benzene rings is 3. The fourth-order valence-corrected chi connectivity index (χ4v) is 2.12. The van der Waals surface area contributed by atoms with E-state index in [0.29, 0.717) is 5.69 Å². The zero-order valence-electron chi connectivity index (χ0n) is 11.0. The van der Waals surface area contributed by atoms with Crippen LogP contribution in [-0.4, -0.2) is 5.97 Å². The topological polar surface area (TPSA) is 52.3 Å². The van der Waals surface area contributed by atoms with Gasteiger partial charge in [0.2, 0.25) is 0 Å². The Balaban J connectivity index is 1.98. The van der Waals surface area contributed by atoms with Crippen LogP contribution < -0.4 is 10.5 Å². The van der Waals surface area contributed by atoms with E-state index in [-0.39, 0.29) is 11.3 Å². The number of carbonyl (C=O) groups is 1. The average molecular weight is 281 g/mol. The number of rotatable bonds is 2. The van der Waals surface area contributed by atoms with Crippen molar-refractivity contribution in [2.75, 3.05) is 5.73 Å².